The summed E-state index contributed by atoms with van der Waals surface area (Å²) in [6, 6.07) is 9.10. The lowest BCUT2D eigenvalue weighted by Gasteiger charge is -2.08. The van der Waals surface area contributed by atoms with Crippen LogP contribution in [-0.2, 0) is 13.2 Å². The highest BCUT2D eigenvalue weighted by Crippen LogP contribution is 2.16. The van der Waals surface area contributed by atoms with Gasteiger partial charge in [0.25, 0.3) is 0 Å². The lowest BCUT2D eigenvalue weighted by atomic mass is 10.3. The van der Waals surface area contributed by atoms with Gasteiger partial charge in [-0.1, -0.05) is 13.0 Å². The summed E-state index contributed by atoms with van der Waals surface area (Å²) in [5.41, 5.74) is 1.66. The van der Waals surface area contributed by atoms with Crippen molar-refractivity contribution in [1.82, 2.24) is 10.3 Å². The molecule has 5 heteroatoms. The molecule has 0 aliphatic rings. The Morgan fingerprint density at radius 2 is 1.90 bits per heavy atom. The summed E-state index contributed by atoms with van der Waals surface area (Å²) in [6.07, 6.45) is 0. The van der Waals surface area contributed by atoms with Gasteiger partial charge in [-0.25, -0.2) is 8.78 Å². The molecule has 0 fully saturated rings. The van der Waals surface area contributed by atoms with Gasteiger partial charge in [0.1, 0.15) is 12.4 Å². The van der Waals surface area contributed by atoms with Gasteiger partial charge in [0.15, 0.2) is 11.6 Å². The van der Waals surface area contributed by atoms with E-state index in [9.17, 15) is 8.78 Å². The fourth-order valence-electron chi connectivity index (χ4n) is 1.69. The lowest BCUT2D eigenvalue weighted by molar-refractivity contribution is 0.298. The number of aromatic nitrogens is 1. The zero-order chi connectivity index (χ0) is 14.4. The van der Waals surface area contributed by atoms with Crippen molar-refractivity contribution in [3.63, 3.8) is 0 Å². The van der Waals surface area contributed by atoms with Crippen LogP contribution in [0.1, 0.15) is 18.3 Å². The minimum atomic E-state index is -0.920. The predicted molar refractivity (Wildman–Crippen MR) is 72.3 cm³/mol. The van der Waals surface area contributed by atoms with Crippen molar-refractivity contribution in [3.05, 3.63) is 59.4 Å². The second-order valence-corrected chi connectivity index (χ2v) is 4.27. The Labute approximate surface area is 116 Å². The fraction of sp³-hybridized carbons (Fsp3) is 0.267. The molecule has 1 heterocycles. The zero-order valence-electron chi connectivity index (χ0n) is 11.2. The zero-order valence-corrected chi connectivity index (χ0v) is 11.2. The Morgan fingerprint density at radius 1 is 1.10 bits per heavy atom. The van der Waals surface area contributed by atoms with Gasteiger partial charge in [-0.15, -0.1) is 0 Å². The van der Waals surface area contributed by atoms with Gasteiger partial charge in [-0.3, -0.25) is 4.98 Å². The number of nitrogens with one attached hydrogen (secondary N) is 1. The number of nitrogens with zero attached hydrogens (tertiary/aromatic N) is 1. The summed E-state index contributed by atoms with van der Waals surface area (Å²) in [6.45, 7) is 3.80. The molecule has 0 spiro atoms. The highest BCUT2D eigenvalue weighted by atomic mass is 19.2. The Balaban J connectivity index is 1.97. The molecule has 2 rings (SSSR count). The van der Waals surface area contributed by atoms with E-state index in [2.05, 4.69) is 10.3 Å². The van der Waals surface area contributed by atoms with Crippen molar-refractivity contribution in [3.8, 4) is 5.75 Å². The third-order valence-electron chi connectivity index (χ3n) is 2.70. The molecule has 0 aliphatic carbocycles. The van der Waals surface area contributed by atoms with Gasteiger partial charge in [0, 0.05) is 12.6 Å². The van der Waals surface area contributed by atoms with Crippen molar-refractivity contribution in [2.45, 2.75) is 20.1 Å². The predicted octanol–water partition coefficient (Wildman–Crippen LogP) is 3.05. The van der Waals surface area contributed by atoms with E-state index < -0.39 is 11.6 Å². The lowest BCUT2D eigenvalue weighted by Crippen LogP contribution is -2.13. The van der Waals surface area contributed by atoms with E-state index in [0.29, 0.717) is 6.54 Å². The first-order chi connectivity index (χ1) is 9.69. The average Bonchev–Trinajstić information content (AvgIpc) is 2.47. The van der Waals surface area contributed by atoms with Crippen LogP contribution in [0, 0.1) is 11.6 Å². The van der Waals surface area contributed by atoms with Gasteiger partial charge in [-0.05, 0) is 30.8 Å². The molecule has 0 saturated carbocycles. The summed E-state index contributed by atoms with van der Waals surface area (Å²) < 4.78 is 31.2. The maximum Gasteiger partial charge on any atom is 0.162 e. The molecular weight excluding hydrogens is 262 g/mol. The van der Waals surface area contributed by atoms with E-state index in [1.54, 1.807) is 0 Å². The van der Waals surface area contributed by atoms with Crippen LogP contribution in [0.3, 0.4) is 0 Å². The second kappa shape index (κ2) is 6.96. The first kappa shape index (κ1) is 14.4. The normalized spacial score (nSPS) is 10.6. The molecule has 2 aromatic rings. The minimum absolute atomic E-state index is 0.213. The molecule has 20 heavy (non-hydrogen) atoms. The van der Waals surface area contributed by atoms with E-state index in [4.69, 9.17) is 4.74 Å². The number of ether oxygens (including phenoxy) is 1. The molecule has 1 N–H and O–H groups in total. The molecule has 0 bridgehead atoms. The summed E-state index contributed by atoms with van der Waals surface area (Å²) in [7, 11) is 0. The molecule has 0 atom stereocenters. The van der Waals surface area contributed by atoms with E-state index in [0.717, 1.165) is 30.1 Å². The first-order valence-electron chi connectivity index (χ1n) is 6.42. The molecule has 0 amide bonds. The van der Waals surface area contributed by atoms with Crippen LogP contribution in [0.15, 0.2) is 36.4 Å². The molecule has 0 saturated heterocycles. The second-order valence-electron chi connectivity index (χ2n) is 4.27. The molecule has 0 unspecified atom stereocenters. The van der Waals surface area contributed by atoms with Crippen LogP contribution >= 0.6 is 0 Å². The molecule has 0 aliphatic heterocycles. The minimum Gasteiger partial charge on any atom is -0.487 e. The molecule has 106 valence electrons. The maximum atomic E-state index is 13.0. The highest BCUT2D eigenvalue weighted by Gasteiger charge is 2.04. The van der Waals surface area contributed by atoms with Crippen molar-refractivity contribution >= 4 is 0 Å². The van der Waals surface area contributed by atoms with E-state index >= 15 is 0 Å². The largest absolute Gasteiger partial charge is 0.487 e. The molecular formula is C15H16F2N2O. The van der Waals surface area contributed by atoms with Crippen LogP contribution in [0.5, 0.6) is 5.75 Å². The van der Waals surface area contributed by atoms with Gasteiger partial charge in [-0.2, -0.15) is 0 Å². The topological polar surface area (TPSA) is 34.1 Å². The SMILES string of the molecule is CCNCc1cccc(COc2ccc(F)c(F)c2)n1. The molecule has 3 nitrogen and oxygen atoms in total. The summed E-state index contributed by atoms with van der Waals surface area (Å²) in [5, 5.41) is 3.18. The van der Waals surface area contributed by atoms with Crippen LogP contribution in [-0.4, -0.2) is 11.5 Å². The molecule has 1 aromatic carbocycles. The van der Waals surface area contributed by atoms with Gasteiger partial charge in [0.2, 0.25) is 0 Å². The van der Waals surface area contributed by atoms with E-state index in [-0.39, 0.29) is 12.4 Å². The van der Waals surface area contributed by atoms with Gasteiger partial charge >= 0.3 is 0 Å². The highest BCUT2D eigenvalue weighted by molar-refractivity contribution is 5.24. The van der Waals surface area contributed by atoms with Crippen LogP contribution < -0.4 is 10.1 Å². The fourth-order valence-corrected chi connectivity index (χ4v) is 1.69. The molecule has 0 radical (unpaired) electrons. The maximum absolute atomic E-state index is 13.0. The number of pyridine rings is 1. The number of hydrogen-bond acceptors (Lipinski definition) is 3. The van der Waals surface area contributed by atoms with Crippen molar-refractivity contribution in [1.29, 1.82) is 0 Å². The summed E-state index contributed by atoms with van der Waals surface area (Å²) in [5.74, 6) is -1.53. The first-order valence-corrected chi connectivity index (χ1v) is 6.42. The van der Waals surface area contributed by atoms with Crippen molar-refractivity contribution in [2.75, 3.05) is 6.54 Å². The van der Waals surface area contributed by atoms with Crippen molar-refractivity contribution in [2.24, 2.45) is 0 Å². The molecule has 1 aromatic heterocycles. The van der Waals surface area contributed by atoms with Crippen LogP contribution in [0.4, 0.5) is 8.78 Å². The number of halogens is 2. The summed E-state index contributed by atoms with van der Waals surface area (Å²) in [4.78, 5) is 4.41. The number of hydrogen-bond donors (Lipinski definition) is 1. The Kier molecular flexibility index (Phi) is 5.01. The third-order valence-corrected chi connectivity index (χ3v) is 2.70. The van der Waals surface area contributed by atoms with Crippen molar-refractivity contribution < 1.29 is 13.5 Å². The van der Waals surface area contributed by atoms with Crippen LogP contribution in [0.25, 0.3) is 0 Å². The third kappa shape index (κ3) is 3.99. The quantitative estimate of drug-likeness (QED) is 0.882. The van der Waals surface area contributed by atoms with Gasteiger partial charge < -0.3 is 10.1 Å². The smallest absolute Gasteiger partial charge is 0.162 e. The average molecular weight is 278 g/mol. The standard InChI is InChI=1S/C15H16F2N2O/c1-2-18-9-11-4-3-5-12(19-11)10-20-13-6-7-14(16)15(17)8-13/h3-8,18H,2,9-10H2,1H3. The van der Waals surface area contributed by atoms with Crippen LogP contribution in [0.2, 0.25) is 0 Å². The van der Waals surface area contributed by atoms with E-state index in [1.165, 1.54) is 6.07 Å². The Morgan fingerprint density at radius 3 is 2.65 bits per heavy atom. The Bertz CT molecular complexity index is 576. The monoisotopic (exact) mass is 278 g/mol. The number of benzene rings is 1. The summed E-state index contributed by atoms with van der Waals surface area (Å²) >= 11 is 0. The van der Waals surface area contributed by atoms with E-state index in [1.807, 2.05) is 25.1 Å². The van der Waals surface area contributed by atoms with Gasteiger partial charge in [0.05, 0.1) is 11.4 Å². The Hall–Kier alpha value is -2.01. The number of rotatable bonds is 6.